The summed E-state index contributed by atoms with van der Waals surface area (Å²) in [5.41, 5.74) is 4.25. The van der Waals surface area contributed by atoms with Crippen molar-refractivity contribution in [3.8, 4) is 32.6 Å². The number of urea groups is 2. The van der Waals surface area contributed by atoms with Crippen LogP contribution < -0.4 is 30.7 Å². The Morgan fingerprint density at radius 1 is 0.746 bits per heavy atom. The molecule has 0 fully saturated rings. The molecule has 3 aromatic heterocycles. The molecule has 13 nitrogen and oxygen atoms in total. The highest BCUT2D eigenvalue weighted by molar-refractivity contribution is 7.19. The van der Waals surface area contributed by atoms with Crippen LogP contribution in [0.4, 0.5) is 48.8 Å². The normalized spacial score (nSPS) is 11.8. The Labute approximate surface area is 344 Å². The number of ether oxygens (including phenoxy) is 2. The van der Waals surface area contributed by atoms with Crippen LogP contribution in [0.5, 0.6) is 11.5 Å². The van der Waals surface area contributed by atoms with Crippen LogP contribution in [0, 0.1) is 0 Å². The van der Waals surface area contributed by atoms with Crippen molar-refractivity contribution < 1.29 is 36.6 Å². The highest BCUT2D eigenvalue weighted by Crippen LogP contribution is 2.37. The molecule has 3 aromatic carbocycles. The van der Waals surface area contributed by atoms with Gasteiger partial charge in [-0.3, -0.25) is 15.6 Å². The monoisotopic (exact) mass is 849 g/mol. The van der Waals surface area contributed by atoms with Gasteiger partial charge in [-0.25, -0.2) is 9.59 Å². The van der Waals surface area contributed by atoms with Gasteiger partial charge in [-0.2, -0.15) is 17.6 Å². The summed E-state index contributed by atoms with van der Waals surface area (Å²) in [6.07, 6.45) is -0.169. The van der Waals surface area contributed by atoms with E-state index in [9.17, 15) is 27.2 Å². The van der Waals surface area contributed by atoms with Gasteiger partial charge in [0.25, 0.3) is 0 Å². The van der Waals surface area contributed by atoms with Gasteiger partial charge in [-0.15, -0.1) is 20.4 Å². The lowest BCUT2D eigenvalue weighted by molar-refractivity contribution is -0.253. The molecule has 4 amide bonds. The van der Waals surface area contributed by atoms with Crippen molar-refractivity contribution in [3.05, 3.63) is 102 Å². The molecule has 0 aliphatic rings. The summed E-state index contributed by atoms with van der Waals surface area (Å²) in [7, 11) is 0. The molecule has 0 aliphatic heterocycles. The number of carbonyl (C=O) groups excluding carboxylic acids is 2. The van der Waals surface area contributed by atoms with Gasteiger partial charge in [-0.1, -0.05) is 80.0 Å². The molecule has 6 aromatic rings. The third kappa shape index (κ3) is 11.9. The Bertz CT molecular complexity index is 2330. The maximum Gasteiger partial charge on any atom is 0.461 e. The summed E-state index contributed by atoms with van der Waals surface area (Å²) >= 11 is 2.34. The number of aryl methyl sites for hydroxylation is 1. The van der Waals surface area contributed by atoms with Crippen LogP contribution in [0.3, 0.4) is 0 Å². The number of anilines is 4. The molecule has 6 rings (SSSR count). The molecule has 4 N–H and O–H groups in total. The van der Waals surface area contributed by atoms with E-state index in [0.29, 0.717) is 38.6 Å². The number of alkyl halides is 4. The van der Waals surface area contributed by atoms with Crippen molar-refractivity contribution in [2.24, 2.45) is 0 Å². The molecule has 308 valence electrons. The fraction of sp³-hybridized carbons (Fsp3) is 0.275. The lowest BCUT2D eigenvalue weighted by atomic mass is 10.00. The van der Waals surface area contributed by atoms with Crippen LogP contribution in [0.15, 0.2) is 91.3 Å². The van der Waals surface area contributed by atoms with Gasteiger partial charge in [-0.05, 0) is 79.4 Å². The molecular weight excluding hydrogens is 811 g/mol. The van der Waals surface area contributed by atoms with E-state index in [1.807, 2.05) is 54.6 Å². The molecule has 1 atom stereocenters. The fourth-order valence-corrected chi connectivity index (χ4v) is 7.30. The molecule has 19 heteroatoms. The first-order valence-corrected chi connectivity index (χ1v) is 20.2. The molecule has 3 heterocycles. The third-order valence-corrected chi connectivity index (χ3v) is 10.3. The van der Waals surface area contributed by atoms with E-state index in [2.05, 4.69) is 65.2 Å². The van der Waals surface area contributed by atoms with E-state index in [0.717, 1.165) is 72.3 Å². The lowest BCUT2D eigenvalue weighted by Gasteiger charge is -2.21. The second-order valence-electron chi connectivity index (χ2n) is 13.0. The van der Waals surface area contributed by atoms with Crippen LogP contribution in [-0.2, 0) is 6.42 Å². The summed E-state index contributed by atoms with van der Waals surface area (Å²) in [5.74, 6) is 0.0552. The van der Waals surface area contributed by atoms with Crippen molar-refractivity contribution in [2.75, 3.05) is 21.3 Å². The average Bonchev–Trinajstić information content (AvgIpc) is 3.88. The predicted octanol–water partition coefficient (Wildman–Crippen LogP) is 11.3. The topological polar surface area (TPSA) is 165 Å². The zero-order chi connectivity index (χ0) is 41.8. The number of nitrogens with one attached hydrogen (secondary N) is 4. The molecule has 0 radical (unpaired) electrons. The summed E-state index contributed by atoms with van der Waals surface area (Å²) in [5, 5.41) is 29.2. The SMILES string of the molecule is CCCCCC(Oc1cccc(-c2nnc(NC(=O)Nc3ccc(OC(F)(F)C(F)F)cc3)s2)c1)c1cnccc1-c1nnc(NC(=O)Nc2cccc(CCC)c2)s1. The van der Waals surface area contributed by atoms with Gasteiger partial charge in [0, 0.05) is 40.5 Å². The highest BCUT2D eigenvalue weighted by Gasteiger charge is 2.44. The molecule has 59 heavy (non-hydrogen) atoms. The lowest BCUT2D eigenvalue weighted by Crippen LogP contribution is -2.33. The zero-order valence-electron chi connectivity index (χ0n) is 31.8. The van der Waals surface area contributed by atoms with Crippen LogP contribution in [-0.4, -0.2) is 50.0 Å². The second-order valence-corrected chi connectivity index (χ2v) is 15.0. The van der Waals surface area contributed by atoms with Gasteiger partial charge in [0.05, 0.1) is 0 Å². The molecule has 0 bridgehead atoms. The number of unbranched alkanes of at least 4 members (excludes halogenated alkanes) is 2. The quantitative estimate of drug-likeness (QED) is 0.0486. The standard InChI is InChI=1S/C40H39F4N9O4S2/c1-3-5-6-14-32(31-23-45-20-19-30(31)34-51-53-39(59-34)49-37(55)47-27-12-7-10-24(21-27)9-4-2)56-29-13-8-11-25(22-29)33-50-52-38(58-33)48-36(54)46-26-15-17-28(18-16-26)57-40(43,44)35(41)42/h7-8,10-13,15-23,32,35H,3-6,9,14H2,1-2H3,(H2,46,48,52,54)(H2,47,49,53,55). The van der Waals surface area contributed by atoms with E-state index in [4.69, 9.17) is 4.74 Å². The van der Waals surface area contributed by atoms with Crippen LogP contribution in [0.1, 0.15) is 63.2 Å². The number of halogens is 4. The minimum Gasteiger partial charge on any atom is -0.486 e. The van der Waals surface area contributed by atoms with Gasteiger partial charge >= 0.3 is 24.6 Å². The number of nitrogens with zero attached hydrogens (tertiary/aromatic N) is 5. The van der Waals surface area contributed by atoms with Crippen LogP contribution in [0.2, 0.25) is 0 Å². The average molecular weight is 850 g/mol. The zero-order valence-corrected chi connectivity index (χ0v) is 33.4. The number of aromatic nitrogens is 5. The van der Waals surface area contributed by atoms with E-state index in [1.165, 1.54) is 23.5 Å². The number of rotatable bonds is 18. The number of carbonyl (C=O) groups is 2. The van der Waals surface area contributed by atoms with Gasteiger partial charge in [0.15, 0.2) is 0 Å². The Hall–Kier alpha value is -6.21. The first-order chi connectivity index (χ1) is 28.5. The van der Waals surface area contributed by atoms with Crippen LogP contribution in [0.25, 0.3) is 21.1 Å². The number of hydrogen-bond acceptors (Lipinski definition) is 11. The Kier molecular flexibility index (Phi) is 14.4. The highest BCUT2D eigenvalue weighted by atomic mass is 32.1. The predicted molar refractivity (Wildman–Crippen MR) is 220 cm³/mol. The van der Waals surface area contributed by atoms with Crippen LogP contribution >= 0.6 is 22.7 Å². The van der Waals surface area contributed by atoms with Gasteiger partial charge < -0.3 is 20.1 Å². The van der Waals surface area contributed by atoms with Crippen molar-refractivity contribution in [1.82, 2.24) is 25.4 Å². The molecule has 0 saturated carbocycles. The smallest absolute Gasteiger partial charge is 0.461 e. The summed E-state index contributed by atoms with van der Waals surface area (Å²) < 4.78 is 61.9. The van der Waals surface area contributed by atoms with Gasteiger partial charge in [0.2, 0.25) is 10.3 Å². The molecule has 0 saturated heterocycles. The number of amides is 4. The van der Waals surface area contributed by atoms with E-state index >= 15 is 0 Å². The number of benzene rings is 3. The second kappa shape index (κ2) is 20.0. The first-order valence-electron chi connectivity index (χ1n) is 18.6. The Balaban J connectivity index is 1.11. The number of pyridine rings is 1. The molecule has 1 unspecified atom stereocenters. The maximum absolute atomic E-state index is 13.2. The largest absolute Gasteiger partial charge is 0.486 e. The maximum atomic E-state index is 13.2. The van der Waals surface area contributed by atoms with Gasteiger partial charge in [0.1, 0.15) is 27.6 Å². The van der Waals surface area contributed by atoms with E-state index < -0.39 is 36.4 Å². The van der Waals surface area contributed by atoms with Crippen molar-refractivity contribution in [2.45, 2.75) is 71.0 Å². The summed E-state index contributed by atoms with van der Waals surface area (Å²) in [4.78, 5) is 29.9. The minimum absolute atomic E-state index is 0.169. The molecule has 0 spiro atoms. The summed E-state index contributed by atoms with van der Waals surface area (Å²) in [6, 6.07) is 20.2. The first kappa shape index (κ1) is 42.4. The van der Waals surface area contributed by atoms with E-state index in [-0.39, 0.29) is 10.8 Å². The van der Waals surface area contributed by atoms with Crippen molar-refractivity contribution >= 4 is 56.4 Å². The molecule has 0 aliphatic carbocycles. The minimum atomic E-state index is -4.65. The number of hydrogen-bond donors (Lipinski definition) is 4. The van der Waals surface area contributed by atoms with Crippen molar-refractivity contribution in [3.63, 3.8) is 0 Å². The molecular formula is C40H39F4N9O4S2. The van der Waals surface area contributed by atoms with Crippen molar-refractivity contribution in [1.29, 1.82) is 0 Å². The third-order valence-electron chi connectivity index (χ3n) is 8.49. The fourth-order valence-electron chi connectivity index (χ4n) is 5.78. The summed E-state index contributed by atoms with van der Waals surface area (Å²) in [6.45, 7) is 4.22. The Morgan fingerprint density at radius 2 is 1.44 bits per heavy atom. The Morgan fingerprint density at radius 3 is 2.15 bits per heavy atom. The van der Waals surface area contributed by atoms with E-state index in [1.54, 1.807) is 12.4 Å².